The van der Waals surface area contributed by atoms with Crippen molar-refractivity contribution in [1.82, 2.24) is 15.1 Å². The first kappa shape index (κ1) is 12.9. The summed E-state index contributed by atoms with van der Waals surface area (Å²) in [6.45, 7) is 2.65. The normalized spacial score (nSPS) is 42.3. The Labute approximate surface area is 112 Å². The summed E-state index contributed by atoms with van der Waals surface area (Å²) in [5.74, 6) is 0. The highest BCUT2D eigenvalue weighted by atomic mass is 15.3. The molecule has 3 aliphatic heterocycles. The fourth-order valence-corrected chi connectivity index (χ4v) is 4.43. The number of fused-ring (bicyclic) bond motifs is 2. The zero-order valence-electron chi connectivity index (χ0n) is 12.1. The highest BCUT2D eigenvalue weighted by Crippen LogP contribution is 2.36. The van der Waals surface area contributed by atoms with Crippen LogP contribution in [0.25, 0.3) is 0 Å². The molecule has 3 fully saturated rings. The predicted octanol–water partition coefficient (Wildman–Crippen LogP) is 1.69. The van der Waals surface area contributed by atoms with Crippen molar-refractivity contribution in [2.24, 2.45) is 0 Å². The minimum Gasteiger partial charge on any atom is -0.317 e. The third kappa shape index (κ3) is 2.45. The second-order valence-electron chi connectivity index (χ2n) is 6.67. The quantitative estimate of drug-likeness (QED) is 0.823. The van der Waals surface area contributed by atoms with E-state index in [0.717, 1.165) is 24.2 Å². The highest BCUT2D eigenvalue weighted by Gasteiger charge is 2.41. The number of likely N-dealkylation sites (tertiary alicyclic amines) is 1. The lowest BCUT2D eigenvalue weighted by atomic mass is 9.95. The van der Waals surface area contributed by atoms with Gasteiger partial charge >= 0.3 is 0 Å². The fourth-order valence-electron chi connectivity index (χ4n) is 4.43. The standard InChI is InChI=1S/C15H29N3/c1-16-12-9-13-6-7-14(10-12)18(13)11-15-5-3-4-8-17(15)2/h12-16H,3-11H2,1-2H3. The van der Waals surface area contributed by atoms with E-state index in [0.29, 0.717) is 0 Å². The van der Waals surface area contributed by atoms with Crippen LogP contribution in [0.15, 0.2) is 0 Å². The molecule has 3 nitrogen and oxygen atoms in total. The van der Waals surface area contributed by atoms with E-state index in [1.54, 1.807) is 0 Å². The van der Waals surface area contributed by atoms with Crippen LogP contribution in [0.2, 0.25) is 0 Å². The van der Waals surface area contributed by atoms with Crippen molar-refractivity contribution in [2.45, 2.75) is 69.1 Å². The van der Waals surface area contributed by atoms with Gasteiger partial charge in [0.1, 0.15) is 0 Å². The van der Waals surface area contributed by atoms with Crippen LogP contribution in [0.5, 0.6) is 0 Å². The molecule has 3 aliphatic rings. The Bertz CT molecular complexity index is 267. The monoisotopic (exact) mass is 251 g/mol. The van der Waals surface area contributed by atoms with Gasteiger partial charge in [-0.05, 0) is 59.2 Å². The largest absolute Gasteiger partial charge is 0.317 e. The second-order valence-corrected chi connectivity index (χ2v) is 6.67. The van der Waals surface area contributed by atoms with Gasteiger partial charge in [0.25, 0.3) is 0 Å². The van der Waals surface area contributed by atoms with Crippen LogP contribution in [0.3, 0.4) is 0 Å². The summed E-state index contributed by atoms with van der Waals surface area (Å²) in [7, 11) is 4.46. The summed E-state index contributed by atoms with van der Waals surface area (Å²) >= 11 is 0. The molecule has 1 N–H and O–H groups in total. The number of nitrogens with one attached hydrogen (secondary N) is 1. The summed E-state index contributed by atoms with van der Waals surface area (Å²) in [4.78, 5) is 5.47. The van der Waals surface area contributed by atoms with Crippen LogP contribution in [-0.2, 0) is 0 Å². The van der Waals surface area contributed by atoms with Gasteiger partial charge in [-0.25, -0.2) is 0 Å². The molecule has 0 saturated carbocycles. The molecule has 0 aromatic heterocycles. The van der Waals surface area contributed by atoms with E-state index >= 15 is 0 Å². The SMILES string of the molecule is CNC1CC2CCC(C1)N2CC1CCCCN1C. The minimum absolute atomic E-state index is 0.780. The number of hydrogen-bond acceptors (Lipinski definition) is 3. The third-order valence-corrected chi connectivity index (χ3v) is 5.64. The van der Waals surface area contributed by atoms with Crippen LogP contribution < -0.4 is 5.32 Å². The van der Waals surface area contributed by atoms with Gasteiger partial charge in [-0.1, -0.05) is 6.42 Å². The smallest absolute Gasteiger partial charge is 0.0220 e. The zero-order chi connectivity index (χ0) is 12.5. The number of likely N-dealkylation sites (N-methyl/N-ethyl adjacent to an activating group) is 1. The van der Waals surface area contributed by atoms with Gasteiger partial charge in [0.05, 0.1) is 0 Å². The maximum absolute atomic E-state index is 3.50. The van der Waals surface area contributed by atoms with Crippen molar-refractivity contribution in [3.8, 4) is 0 Å². The molecule has 3 atom stereocenters. The van der Waals surface area contributed by atoms with Gasteiger partial charge in [0.2, 0.25) is 0 Å². The van der Waals surface area contributed by atoms with E-state index in [2.05, 4.69) is 29.2 Å². The molecule has 0 radical (unpaired) electrons. The lowest BCUT2D eigenvalue weighted by Gasteiger charge is -2.43. The average molecular weight is 251 g/mol. The van der Waals surface area contributed by atoms with Crippen molar-refractivity contribution in [2.75, 3.05) is 27.2 Å². The van der Waals surface area contributed by atoms with Gasteiger partial charge in [-0.3, -0.25) is 4.90 Å². The summed E-state index contributed by atoms with van der Waals surface area (Å²) < 4.78 is 0. The summed E-state index contributed by atoms with van der Waals surface area (Å²) in [5.41, 5.74) is 0. The Morgan fingerprint density at radius 2 is 1.78 bits per heavy atom. The molecular weight excluding hydrogens is 222 g/mol. The van der Waals surface area contributed by atoms with Crippen LogP contribution in [0.1, 0.15) is 44.9 Å². The number of piperidine rings is 2. The number of nitrogens with zero attached hydrogens (tertiary/aromatic N) is 2. The molecular formula is C15H29N3. The van der Waals surface area contributed by atoms with E-state index in [4.69, 9.17) is 0 Å². The van der Waals surface area contributed by atoms with Crippen molar-refractivity contribution < 1.29 is 0 Å². The highest BCUT2D eigenvalue weighted by molar-refractivity contribution is 4.98. The lowest BCUT2D eigenvalue weighted by molar-refractivity contribution is 0.0659. The fraction of sp³-hybridized carbons (Fsp3) is 1.00. The van der Waals surface area contributed by atoms with E-state index in [1.165, 1.54) is 58.0 Å². The topological polar surface area (TPSA) is 18.5 Å². The van der Waals surface area contributed by atoms with Crippen molar-refractivity contribution in [1.29, 1.82) is 0 Å². The molecule has 3 heteroatoms. The molecule has 3 unspecified atom stereocenters. The van der Waals surface area contributed by atoms with Crippen LogP contribution >= 0.6 is 0 Å². The van der Waals surface area contributed by atoms with Gasteiger partial charge in [0, 0.05) is 30.7 Å². The Hall–Kier alpha value is -0.120. The Morgan fingerprint density at radius 1 is 1.06 bits per heavy atom. The van der Waals surface area contributed by atoms with Gasteiger partial charge in [-0.15, -0.1) is 0 Å². The van der Waals surface area contributed by atoms with E-state index in [9.17, 15) is 0 Å². The molecule has 3 rings (SSSR count). The van der Waals surface area contributed by atoms with Crippen molar-refractivity contribution in [3.05, 3.63) is 0 Å². The lowest BCUT2D eigenvalue weighted by Crippen LogP contribution is -2.53. The van der Waals surface area contributed by atoms with E-state index in [-0.39, 0.29) is 0 Å². The Morgan fingerprint density at radius 3 is 2.39 bits per heavy atom. The number of rotatable bonds is 3. The molecule has 2 bridgehead atoms. The van der Waals surface area contributed by atoms with Gasteiger partial charge in [-0.2, -0.15) is 0 Å². The minimum atomic E-state index is 0.780. The summed E-state index contributed by atoms with van der Waals surface area (Å²) in [5, 5.41) is 3.50. The molecule has 104 valence electrons. The van der Waals surface area contributed by atoms with Crippen LogP contribution in [0.4, 0.5) is 0 Å². The molecule has 18 heavy (non-hydrogen) atoms. The summed E-state index contributed by atoms with van der Waals surface area (Å²) in [6.07, 6.45) is 9.91. The Kier molecular flexibility index (Phi) is 3.92. The first-order valence-corrected chi connectivity index (χ1v) is 7.91. The van der Waals surface area contributed by atoms with Crippen LogP contribution in [-0.4, -0.2) is 61.2 Å². The summed E-state index contributed by atoms with van der Waals surface area (Å²) in [6, 6.07) is 3.35. The first-order valence-electron chi connectivity index (χ1n) is 7.91. The van der Waals surface area contributed by atoms with Crippen molar-refractivity contribution >= 4 is 0 Å². The molecule has 0 spiro atoms. The number of hydrogen-bond donors (Lipinski definition) is 1. The van der Waals surface area contributed by atoms with Gasteiger partial charge in [0.15, 0.2) is 0 Å². The maximum Gasteiger partial charge on any atom is 0.0220 e. The molecule has 3 saturated heterocycles. The van der Waals surface area contributed by atoms with Crippen LogP contribution in [0, 0.1) is 0 Å². The second kappa shape index (κ2) is 5.48. The zero-order valence-corrected chi connectivity index (χ0v) is 12.1. The molecule has 0 aromatic rings. The average Bonchev–Trinajstić information content (AvgIpc) is 2.63. The third-order valence-electron chi connectivity index (χ3n) is 5.64. The molecule has 3 heterocycles. The molecule has 0 aliphatic carbocycles. The molecule has 0 aromatic carbocycles. The molecule has 0 amide bonds. The van der Waals surface area contributed by atoms with E-state index in [1.807, 2.05) is 0 Å². The predicted molar refractivity (Wildman–Crippen MR) is 75.9 cm³/mol. The Balaban J connectivity index is 1.60. The maximum atomic E-state index is 3.50. The van der Waals surface area contributed by atoms with E-state index < -0.39 is 0 Å². The van der Waals surface area contributed by atoms with Crippen molar-refractivity contribution in [3.63, 3.8) is 0 Å². The van der Waals surface area contributed by atoms with Gasteiger partial charge < -0.3 is 10.2 Å². The first-order chi connectivity index (χ1) is 8.78.